The van der Waals surface area contributed by atoms with Crippen molar-refractivity contribution >= 4 is 27.1 Å². The van der Waals surface area contributed by atoms with E-state index in [4.69, 9.17) is 0 Å². The fourth-order valence-electron chi connectivity index (χ4n) is 2.96. The van der Waals surface area contributed by atoms with Gasteiger partial charge in [0.2, 0.25) is 0 Å². The number of aryl methyl sites for hydroxylation is 1. The molecule has 2 heteroatoms. The zero-order chi connectivity index (χ0) is 12.7. The lowest BCUT2D eigenvalue weighted by molar-refractivity contribution is 0.673. The Hall–Kier alpha value is -1.80. The maximum absolute atomic E-state index is 3.70. The molecule has 4 rings (SSSR count). The number of anilines is 1. The predicted octanol–water partition coefficient (Wildman–Crippen LogP) is 5.00. The minimum Gasteiger partial charge on any atom is -0.378 e. The van der Waals surface area contributed by atoms with E-state index in [-0.39, 0.29) is 0 Å². The lowest BCUT2D eigenvalue weighted by Crippen LogP contribution is -2.17. The van der Waals surface area contributed by atoms with Gasteiger partial charge in [-0.3, -0.25) is 0 Å². The SMILES string of the molecule is c1ccc2c(c1)CCC(c1cccc3ccsc13)N2. The third-order valence-electron chi connectivity index (χ3n) is 3.93. The van der Waals surface area contributed by atoms with Crippen LogP contribution >= 0.6 is 11.3 Å². The van der Waals surface area contributed by atoms with Gasteiger partial charge in [0.15, 0.2) is 0 Å². The standard InChI is InChI=1S/C17H15NS/c1-2-7-15-12(4-1)8-9-16(18-15)14-6-3-5-13-10-11-19-17(13)14/h1-7,10-11,16,18H,8-9H2. The number of benzene rings is 2. The van der Waals surface area contributed by atoms with Crippen molar-refractivity contribution in [1.82, 2.24) is 0 Å². The first-order valence-corrected chi connectivity index (χ1v) is 7.60. The molecule has 94 valence electrons. The Morgan fingerprint density at radius 3 is 2.95 bits per heavy atom. The molecule has 0 aliphatic carbocycles. The molecule has 0 spiro atoms. The second kappa shape index (κ2) is 4.39. The lowest BCUT2D eigenvalue weighted by Gasteiger charge is -2.27. The van der Waals surface area contributed by atoms with E-state index < -0.39 is 0 Å². The van der Waals surface area contributed by atoms with E-state index in [1.165, 1.54) is 33.3 Å². The Balaban J connectivity index is 1.77. The quantitative estimate of drug-likeness (QED) is 0.653. The second-order valence-electron chi connectivity index (χ2n) is 5.08. The molecule has 1 nitrogen and oxygen atoms in total. The molecule has 1 aliphatic rings. The first-order chi connectivity index (χ1) is 9.42. The normalized spacial score (nSPS) is 18.0. The number of thiophene rings is 1. The van der Waals surface area contributed by atoms with Crippen LogP contribution in [0.25, 0.3) is 10.1 Å². The molecule has 2 heterocycles. The van der Waals surface area contributed by atoms with Gasteiger partial charge in [-0.25, -0.2) is 0 Å². The smallest absolute Gasteiger partial charge is 0.0531 e. The number of hydrogen-bond acceptors (Lipinski definition) is 2. The summed E-state index contributed by atoms with van der Waals surface area (Å²) in [6.45, 7) is 0. The van der Waals surface area contributed by atoms with Crippen molar-refractivity contribution in [1.29, 1.82) is 0 Å². The minimum absolute atomic E-state index is 0.442. The molecule has 0 amide bonds. The summed E-state index contributed by atoms with van der Waals surface area (Å²) in [5.74, 6) is 0. The summed E-state index contributed by atoms with van der Waals surface area (Å²) < 4.78 is 1.43. The van der Waals surface area contributed by atoms with Crippen molar-refractivity contribution in [2.24, 2.45) is 0 Å². The number of fused-ring (bicyclic) bond motifs is 2. The predicted molar refractivity (Wildman–Crippen MR) is 83.0 cm³/mol. The van der Waals surface area contributed by atoms with Gasteiger partial charge in [0.05, 0.1) is 6.04 Å². The number of rotatable bonds is 1. The molecule has 1 N–H and O–H groups in total. The molecule has 1 aromatic heterocycles. The van der Waals surface area contributed by atoms with E-state index >= 15 is 0 Å². The Kier molecular flexibility index (Phi) is 2.56. The van der Waals surface area contributed by atoms with Crippen molar-refractivity contribution in [2.75, 3.05) is 5.32 Å². The van der Waals surface area contributed by atoms with Crippen LogP contribution in [0.3, 0.4) is 0 Å². The van der Waals surface area contributed by atoms with E-state index in [1.807, 2.05) is 11.3 Å². The molecule has 1 aliphatic heterocycles. The highest BCUT2D eigenvalue weighted by molar-refractivity contribution is 7.17. The number of para-hydroxylation sites is 1. The Bertz CT molecular complexity index is 729. The largest absolute Gasteiger partial charge is 0.378 e. The fraction of sp³-hybridized carbons (Fsp3) is 0.176. The molecular weight excluding hydrogens is 250 g/mol. The summed E-state index contributed by atoms with van der Waals surface area (Å²) >= 11 is 1.85. The molecular formula is C17H15NS. The Labute approximate surface area is 116 Å². The van der Waals surface area contributed by atoms with Crippen molar-refractivity contribution < 1.29 is 0 Å². The zero-order valence-corrected chi connectivity index (χ0v) is 11.4. The summed E-state index contributed by atoms with van der Waals surface area (Å²) in [6, 6.07) is 17.9. The van der Waals surface area contributed by atoms with Gasteiger partial charge in [-0.1, -0.05) is 36.4 Å². The van der Waals surface area contributed by atoms with Crippen LogP contribution in [0.2, 0.25) is 0 Å². The topological polar surface area (TPSA) is 12.0 Å². The van der Waals surface area contributed by atoms with Gasteiger partial charge in [0.25, 0.3) is 0 Å². The van der Waals surface area contributed by atoms with Gasteiger partial charge in [-0.2, -0.15) is 0 Å². The van der Waals surface area contributed by atoms with E-state index in [1.54, 1.807) is 0 Å². The van der Waals surface area contributed by atoms with Crippen LogP contribution in [0.1, 0.15) is 23.6 Å². The van der Waals surface area contributed by atoms with Crippen molar-refractivity contribution in [3.63, 3.8) is 0 Å². The van der Waals surface area contributed by atoms with Gasteiger partial charge in [-0.05, 0) is 46.9 Å². The number of hydrogen-bond donors (Lipinski definition) is 1. The molecule has 0 saturated heterocycles. The maximum Gasteiger partial charge on any atom is 0.0531 e. The van der Waals surface area contributed by atoms with Gasteiger partial charge < -0.3 is 5.32 Å². The molecule has 19 heavy (non-hydrogen) atoms. The van der Waals surface area contributed by atoms with Crippen LogP contribution in [-0.4, -0.2) is 0 Å². The highest BCUT2D eigenvalue weighted by Crippen LogP contribution is 2.36. The second-order valence-corrected chi connectivity index (χ2v) is 6.00. The van der Waals surface area contributed by atoms with Crippen molar-refractivity contribution in [3.8, 4) is 0 Å². The van der Waals surface area contributed by atoms with Gasteiger partial charge >= 0.3 is 0 Å². The zero-order valence-electron chi connectivity index (χ0n) is 10.6. The monoisotopic (exact) mass is 265 g/mol. The van der Waals surface area contributed by atoms with Gasteiger partial charge in [0, 0.05) is 10.4 Å². The number of nitrogens with one attached hydrogen (secondary N) is 1. The third kappa shape index (κ3) is 1.83. The van der Waals surface area contributed by atoms with Crippen LogP contribution in [0.5, 0.6) is 0 Å². The first-order valence-electron chi connectivity index (χ1n) is 6.72. The van der Waals surface area contributed by atoms with Crippen LogP contribution in [0, 0.1) is 0 Å². The van der Waals surface area contributed by atoms with E-state index in [0.29, 0.717) is 6.04 Å². The average Bonchev–Trinajstić information content (AvgIpc) is 2.95. The van der Waals surface area contributed by atoms with Crippen LogP contribution in [-0.2, 0) is 6.42 Å². The fourth-order valence-corrected chi connectivity index (χ4v) is 3.93. The Morgan fingerprint density at radius 1 is 1.00 bits per heavy atom. The van der Waals surface area contributed by atoms with Gasteiger partial charge in [-0.15, -0.1) is 11.3 Å². The van der Waals surface area contributed by atoms with E-state index in [0.717, 1.165) is 6.42 Å². The molecule has 3 aromatic rings. The third-order valence-corrected chi connectivity index (χ3v) is 4.91. The van der Waals surface area contributed by atoms with Crippen LogP contribution in [0.15, 0.2) is 53.9 Å². The molecule has 2 aromatic carbocycles. The summed E-state index contributed by atoms with van der Waals surface area (Å²) in [4.78, 5) is 0. The first kappa shape index (κ1) is 11.1. The van der Waals surface area contributed by atoms with Crippen LogP contribution in [0.4, 0.5) is 5.69 Å². The van der Waals surface area contributed by atoms with Crippen LogP contribution < -0.4 is 5.32 Å². The van der Waals surface area contributed by atoms with Crippen molar-refractivity contribution in [2.45, 2.75) is 18.9 Å². The molecule has 1 atom stereocenters. The van der Waals surface area contributed by atoms with E-state index in [9.17, 15) is 0 Å². The highest BCUT2D eigenvalue weighted by atomic mass is 32.1. The maximum atomic E-state index is 3.70. The molecule has 0 bridgehead atoms. The Morgan fingerprint density at radius 2 is 1.95 bits per heavy atom. The highest BCUT2D eigenvalue weighted by Gasteiger charge is 2.20. The summed E-state index contributed by atoms with van der Waals surface area (Å²) in [5, 5.41) is 7.25. The molecule has 0 radical (unpaired) electrons. The molecule has 0 saturated carbocycles. The van der Waals surface area contributed by atoms with Gasteiger partial charge in [0.1, 0.15) is 0 Å². The summed E-state index contributed by atoms with van der Waals surface area (Å²) in [6.07, 6.45) is 2.34. The summed E-state index contributed by atoms with van der Waals surface area (Å²) in [7, 11) is 0. The lowest BCUT2D eigenvalue weighted by atomic mass is 9.93. The van der Waals surface area contributed by atoms with E-state index in [2.05, 4.69) is 59.2 Å². The van der Waals surface area contributed by atoms with Crippen molar-refractivity contribution in [3.05, 3.63) is 65.0 Å². The molecule has 0 fully saturated rings. The minimum atomic E-state index is 0.442. The molecule has 1 unspecified atom stereocenters. The summed E-state index contributed by atoms with van der Waals surface area (Å²) in [5.41, 5.74) is 4.19. The average molecular weight is 265 g/mol.